The second-order valence-corrected chi connectivity index (χ2v) is 6.20. The van der Waals surface area contributed by atoms with Crippen molar-refractivity contribution in [2.45, 2.75) is 52.3 Å². The van der Waals surface area contributed by atoms with Crippen LogP contribution < -0.4 is 10.6 Å². The molecule has 0 bridgehead atoms. The van der Waals surface area contributed by atoms with Crippen molar-refractivity contribution in [1.82, 2.24) is 10.6 Å². The molecule has 0 aromatic rings. The van der Waals surface area contributed by atoms with Gasteiger partial charge in [0.15, 0.2) is 0 Å². The zero-order valence-corrected chi connectivity index (χ0v) is 13.2. The van der Waals surface area contributed by atoms with Crippen LogP contribution in [-0.2, 0) is 9.47 Å². The smallest absolute Gasteiger partial charge is 0.0928 e. The fourth-order valence-electron chi connectivity index (χ4n) is 1.64. The van der Waals surface area contributed by atoms with Crippen LogP contribution in [0.15, 0.2) is 0 Å². The minimum atomic E-state index is 0.117. The summed E-state index contributed by atoms with van der Waals surface area (Å²) in [6.45, 7) is 13.4. The standard InChI is InChI=1S/C14H32N2O2/c1-11(2)13(9-16-14(3,4)5)15-8-12(18-7)10-17-6/h11-13,15-16H,8-10H2,1-7H3. The van der Waals surface area contributed by atoms with Crippen molar-refractivity contribution in [2.75, 3.05) is 33.9 Å². The molecular formula is C14H32N2O2. The van der Waals surface area contributed by atoms with Crippen molar-refractivity contribution in [3.05, 3.63) is 0 Å². The molecule has 4 nitrogen and oxygen atoms in total. The Morgan fingerprint density at radius 1 is 1.06 bits per heavy atom. The third-order valence-corrected chi connectivity index (χ3v) is 2.95. The average Bonchev–Trinajstić information content (AvgIpc) is 2.25. The highest BCUT2D eigenvalue weighted by Crippen LogP contribution is 2.05. The number of hydrogen-bond donors (Lipinski definition) is 2. The lowest BCUT2D eigenvalue weighted by Crippen LogP contribution is -2.50. The summed E-state index contributed by atoms with van der Waals surface area (Å²) in [5.41, 5.74) is 0.155. The summed E-state index contributed by atoms with van der Waals surface area (Å²) < 4.78 is 10.5. The molecule has 0 aromatic heterocycles. The molecule has 0 aromatic carbocycles. The first-order valence-electron chi connectivity index (χ1n) is 6.80. The normalized spacial score (nSPS) is 16.0. The van der Waals surface area contributed by atoms with Gasteiger partial charge < -0.3 is 20.1 Å². The summed E-state index contributed by atoms with van der Waals surface area (Å²) in [6.07, 6.45) is 0.117. The molecule has 0 aliphatic carbocycles. The minimum absolute atomic E-state index is 0.117. The number of hydrogen-bond acceptors (Lipinski definition) is 4. The van der Waals surface area contributed by atoms with Gasteiger partial charge in [0, 0.05) is 38.9 Å². The lowest BCUT2D eigenvalue weighted by molar-refractivity contribution is 0.0263. The van der Waals surface area contributed by atoms with Gasteiger partial charge in [0.05, 0.1) is 12.7 Å². The van der Waals surface area contributed by atoms with Gasteiger partial charge in [-0.3, -0.25) is 0 Å². The number of rotatable bonds is 9. The van der Waals surface area contributed by atoms with Gasteiger partial charge >= 0.3 is 0 Å². The van der Waals surface area contributed by atoms with Crippen LogP contribution in [0, 0.1) is 5.92 Å². The number of ether oxygens (including phenoxy) is 2. The van der Waals surface area contributed by atoms with Crippen LogP contribution in [0.4, 0.5) is 0 Å². The van der Waals surface area contributed by atoms with Gasteiger partial charge in [-0.25, -0.2) is 0 Å². The van der Waals surface area contributed by atoms with Gasteiger partial charge in [-0.2, -0.15) is 0 Å². The summed E-state index contributed by atoms with van der Waals surface area (Å²) in [7, 11) is 3.43. The van der Waals surface area contributed by atoms with E-state index >= 15 is 0 Å². The van der Waals surface area contributed by atoms with Crippen molar-refractivity contribution < 1.29 is 9.47 Å². The van der Waals surface area contributed by atoms with E-state index in [9.17, 15) is 0 Å². The van der Waals surface area contributed by atoms with Gasteiger partial charge in [-0.1, -0.05) is 13.8 Å². The maximum atomic E-state index is 5.36. The molecule has 0 aliphatic heterocycles. The predicted octanol–water partition coefficient (Wildman–Crippen LogP) is 1.65. The monoisotopic (exact) mass is 260 g/mol. The third kappa shape index (κ3) is 8.86. The molecule has 0 saturated heterocycles. The molecule has 0 radical (unpaired) electrons. The molecule has 0 spiro atoms. The van der Waals surface area contributed by atoms with Gasteiger partial charge in [-0.15, -0.1) is 0 Å². The zero-order chi connectivity index (χ0) is 14.2. The highest BCUT2D eigenvalue weighted by Gasteiger charge is 2.18. The Balaban J connectivity index is 4.11. The highest BCUT2D eigenvalue weighted by molar-refractivity contribution is 4.79. The van der Waals surface area contributed by atoms with E-state index in [4.69, 9.17) is 9.47 Å². The van der Waals surface area contributed by atoms with Crippen LogP contribution >= 0.6 is 0 Å². The Labute approximate surface area is 113 Å². The van der Waals surface area contributed by atoms with Gasteiger partial charge in [0.2, 0.25) is 0 Å². The summed E-state index contributed by atoms with van der Waals surface area (Å²) in [5.74, 6) is 0.583. The first-order valence-corrected chi connectivity index (χ1v) is 6.80. The molecule has 110 valence electrons. The van der Waals surface area contributed by atoms with Crippen molar-refractivity contribution >= 4 is 0 Å². The Hall–Kier alpha value is -0.160. The molecule has 0 fully saturated rings. The maximum absolute atomic E-state index is 5.36. The van der Waals surface area contributed by atoms with E-state index < -0.39 is 0 Å². The molecule has 2 unspecified atom stereocenters. The Morgan fingerprint density at radius 2 is 1.67 bits per heavy atom. The van der Waals surface area contributed by atoms with Crippen LogP contribution in [0.25, 0.3) is 0 Å². The van der Waals surface area contributed by atoms with Gasteiger partial charge in [0.25, 0.3) is 0 Å². The van der Waals surface area contributed by atoms with Crippen LogP contribution in [0.1, 0.15) is 34.6 Å². The van der Waals surface area contributed by atoms with Gasteiger partial charge in [-0.05, 0) is 26.7 Å². The highest BCUT2D eigenvalue weighted by atomic mass is 16.5. The lowest BCUT2D eigenvalue weighted by Gasteiger charge is -2.29. The molecule has 2 N–H and O–H groups in total. The third-order valence-electron chi connectivity index (χ3n) is 2.95. The summed E-state index contributed by atoms with van der Waals surface area (Å²) in [5, 5.41) is 7.10. The molecule has 2 atom stereocenters. The maximum Gasteiger partial charge on any atom is 0.0928 e. The molecule has 0 amide bonds. The average molecular weight is 260 g/mol. The van der Waals surface area contributed by atoms with Crippen molar-refractivity contribution in [3.8, 4) is 0 Å². The van der Waals surface area contributed by atoms with E-state index in [0.29, 0.717) is 18.6 Å². The zero-order valence-electron chi connectivity index (χ0n) is 13.2. The molecule has 4 heteroatoms. The first-order chi connectivity index (χ1) is 8.30. The van der Waals surface area contributed by atoms with E-state index in [2.05, 4.69) is 45.3 Å². The molecule has 0 saturated carbocycles. The van der Waals surface area contributed by atoms with Gasteiger partial charge in [0.1, 0.15) is 0 Å². The SMILES string of the molecule is COCC(CNC(CNC(C)(C)C)C(C)C)OC. The largest absolute Gasteiger partial charge is 0.382 e. The van der Waals surface area contributed by atoms with Crippen LogP contribution in [0.5, 0.6) is 0 Å². The summed E-state index contributed by atoms with van der Waals surface area (Å²) in [4.78, 5) is 0. The molecular weight excluding hydrogens is 228 g/mol. The van der Waals surface area contributed by atoms with Crippen LogP contribution in [0.2, 0.25) is 0 Å². The molecule has 0 aliphatic rings. The Kier molecular flexibility index (Phi) is 8.78. The summed E-state index contributed by atoms with van der Waals surface area (Å²) in [6, 6.07) is 0.443. The lowest BCUT2D eigenvalue weighted by atomic mass is 10.0. The van der Waals surface area contributed by atoms with E-state index in [1.165, 1.54) is 0 Å². The minimum Gasteiger partial charge on any atom is -0.382 e. The number of methoxy groups -OCH3 is 2. The second kappa shape index (κ2) is 8.86. The topological polar surface area (TPSA) is 42.5 Å². The van der Waals surface area contributed by atoms with Crippen molar-refractivity contribution in [2.24, 2.45) is 5.92 Å². The van der Waals surface area contributed by atoms with E-state index in [1.807, 2.05) is 0 Å². The second-order valence-electron chi connectivity index (χ2n) is 6.20. The summed E-state index contributed by atoms with van der Waals surface area (Å²) >= 11 is 0. The van der Waals surface area contributed by atoms with E-state index in [1.54, 1.807) is 14.2 Å². The van der Waals surface area contributed by atoms with Crippen molar-refractivity contribution in [1.29, 1.82) is 0 Å². The quantitative estimate of drug-likeness (QED) is 0.661. The van der Waals surface area contributed by atoms with E-state index in [-0.39, 0.29) is 11.6 Å². The van der Waals surface area contributed by atoms with Crippen LogP contribution in [-0.4, -0.2) is 51.6 Å². The van der Waals surface area contributed by atoms with Crippen LogP contribution in [0.3, 0.4) is 0 Å². The van der Waals surface area contributed by atoms with Crippen molar-refractivity contribution in [3.63, 3.8) is 0 Å². The predicted molar refractivity (Wildman–Crippen MR) is 77.1 cm³/mol. The number of nitrogens with one attached hydrogen (secondary N) is 2. The van der Waals surface area contributed by atoms with E-state index in [0.717, 1.165) is 13.1 Å². The molecule has 0 rings (SSSR count). The molecule has 0 heterocycles. The fraction of sp³-hybridized carbons (Fsp3) is 1.00. The molecule has 18 heavy (non-hydrogen) atoms. The fourth-order valence-corrected chi connectivity index (χ4v) is 1.64. The Morgan fingerprint density at radius 3 is 2.06 bits per heavy atom. The first kappa shape index (κ1) is 17.8. The Bertz CT molecular complexity index is 202.